The van der Waals surface area contributed by atoms with Crippen LogP contribution in [0.1, 0.15) is 53.5 Å². The summed E-state index contributed by atoms with van der Waals surface area (Å²) in [6, 6.07) is 11.5. The molecule has 0 unspecified atom stereocenters. The Bertz CT molecular complexity index is 1430. The minimum atomic E-state index is -0.134. The van der Waals surface area contributed by atoms with E-state index in [1.165, 1.54) is 6.33 Å². The van der Waals surface area contributed by atoms with Gasteiger partial charge in [-0.3, -0.25) is 14.7 Å². The number of anilines is 1. The van der Waals surface area contributed by atoms with Crippen LogP contribution in [0, 0.1) is 0 Å². The van der Waals surface area contributed by atoms with Crippen molar-refractivity contribution in [3.63, 3.8) is 0 Å². The lowest BCUT2D eigenvalue weighted by molar-refractivity contribution is 0.0951. The van der Waals surface area contributed by atoms with Gasteiger partial charge in [0, 0.05) is 55.5 Å². The van der Waals surface area contributed by atoms with Gasteiger partial charge in [0.15, 0.2) is 11.6 Å². The van der Waals surface area contributed by atoms with E-state index in [1.54, 1.807) is 12.4 Å². The number of amides is 1. The molecule has 11 heteroatoms. The minimum absolute atomic E-state index is 0.134. The van der Waals surface area contributed by atoms with Crippen molar-refractivity contribution in [2.45, 2.75) is 58.3 Å². The van der Waals surface area contributed by atoms with Crippen molar-refractivity contribution < 1.29 is 9.90 Å². The van der Waals surface area contributed by atoms with Gasteiger partial charge in [-0.1, -0.05) is 13.0 Å². The van der Waals surface area contributed by atoms with Crippen molar-refractivity contribution in [1.82, 2.24) is 39.9 Å². The molecule has 1 fully saturated rings. The Balaban J connectivity index is 1.25. The van der Waals surface area contributed by atoms with Crippen LogP contribution in [0.15, 0.2) is 61.3 Å². The Morgan fingerprint density at radius 2 is 1.98 bits per heavy atom. The molecule has 41 heavy (non-hydrogen) atoms. The van der Waals surface area contributed by atoms with Crippen LogP contribution in [-0.2, 0) is 26.1 Å². The van der Waals surface area contributed by atoms with E-state index in [0.717, 1.165) is 68.0 Å². The third kappa shape index (κ3) is 7.11. The molecule has 1 aliphatic rings. The summed E-state index contributed by atoms with van der Waals surface area (Å²) >= 11 is 0. The molecule has 0 bridgehead atoms. The van der Waals surface area contributed by atoms with E-state index in [4.69, 9.17) is 0 Å². The number of likely N-dealkylation sites (tertiary alicyclic amines) is 1. The molecule has 0 radical (unpaired) electrons. The standard InChI is InChI=1S/C30H37N9O2/c1-2-22-17-31-11-9-24(22)18-34-30(41)23-6-3-7-25(16-23)33-19-28-36-37-29(27-10-12-32-21-35-27)39(28)15-5-14-38-13-4-8-26(38)20-40/h3,6-7,9-12,16-17,21,26,33,40H,2,4-5,8,13-15,18-20H2,1H3,(H,34,41)/t26-/m0/s1. The number of aryl methyl sites for hydroxylation is 1. The Kier molecular flexibility index (Phi) is 9.61. The molecule has 214 valence electrons. The van der Waals surface area contributed by atoms with Crippen molar-refractivity contribution in [2.75, 3.05) is 25.0 Å². The van der Waals surface area contributed by atoms with Gasteiger partial charge >= 0.3 is 0 Å². The number of nitrogens with one attached hydrogen (secondary N) is 2. The average molecular weight is 556 g/mol. The molecule has 1 amide bonds. The van der Waals surface area contributed by atoms with Crippen LogP contribution in [0.5, 0.6) is 0 Å². The number of rotatable bonds is 13. The Morgan fingerprint density at radius 3 is 2.80 bits per heavy atom. The van der Waals surface area contributed by atoms with Crippen LogP contribution < -0.4 is 10.6 Å². The molecular weight excluding hydrogens is 518 g/mol. The van der Waals surface area contributed by atoms with Gasteiger partial charge in [0.25, 0.3) is 5.91 Å². The van der Waals surface area contributed by atoms with Gasteiger partial charge in [-0.2, -0.15) is 0 Å². The predicted molar refractivity (Wildman–Crippen MR) is 156 cm³/mol. The highest BCUT2D eigenvalue weighted by atomic mass is 16.3. The number of pyridine rings is 1. The average Bonchev–Trinajstić information content (AvgIpc) is 3.66. The summed E-state index contributed by atoms with van der Waals surface area (Å²) in [6.07, 6.45) is 10.7. The van der Waals surface area contributed by atoms with E-state index in [9.17, 15) is 9.90 Å². The maximum absolute atomic E-state index is 12.9. The van der Waals surface area contributed by atoms with Crippen LogP contribution >= 0.6 is 0 Å². The van der Waals surface area contributed by atoms with Crippen molar-refractivity contribution in [3.8, 4) is 11.5 Å². The first kappa shape index (κ1) is 28.3. The molecule has 0 spiro atoms. The fourth-order valence-electron chi connectivity index (χ4n) is 5.32. The predicted octanol–water partition coefficient (Wildman–Crippen LogP) is 3.08. The lowest BCUT2D eigenvalue weighted by Crippen LogP contribution is -2.33. The van der Waals surface area contributed by atoms with Crippen LogP contribution in [-0.4, -0.2) is 71.4 Å². The molecule has 4 aromatic rings. The Labute approximate surface area is 240 Å². The fraction of sp³-hybridized carbons (Fsp3) is 0.400. The molecule has 3 aromatic heterocycles. The number of hydrogen-bond acceptors (Lipinski definition) is 9. The second-order valence-electron chi connectivity index (χ2n) is 10.2. The highest BCUT2D eigenvalue weighted by Crippen LogP contribution is 2.20. The summed E-state index contributed by atoms with van der Waals surface area (Å²) in [5, 5.41) is 25.0. The quantitative estimate of drug-likeness (QED) is 0.228. The molecular formula is C30H37N9O2. The van der Waals surface area contributed by atoms with Crippen molar-refractivity contribution in [3.05, 3.63) is 83.8 Å². The molecule has 1 atom stereocenters. The molecule has 4 heterocycles. The molecule has 3 N–H and O–H groups in total. The van der Waals surface area contributed by atoms with Gasteiger partial charge in [0.1, 0.15) is 12.0 Å². The number of benzene rings is 1. The molecule has 0 aliphatic carbocycles. The minimum Gasteiger partial charge on any atom is -0.395 e. The lowest BCUT2D eigenvalue weighted by Gasteiger charge is -2.22. The smallest absolute Gasteiger partial charge is 0.251 e. The van der Waals surface area contributed by atoms with Crippen LogP contribution in [0.25, 0.3) is 11.5 Å². The summed E-state index contributed by atoms with van der Waals surface area (Å²) < 4.78 is 2.09. The van der Waals surface area contributed by atoms with Crippen LogP contribution in [0.2, 0.25) is 0 Å². The van der Waals surface area contributed by atoms with Crippen molar-refractivity contribution in [1.29, 1.82) is 0 Å². The van der Waals surface area contributed by atoms with E-state index < -0.39 is 0 Å². The van der Waals surface area contributed by atoms with Gasteiger partial charge in [0.05, 0.1) is 13.2 Å². The third-order valence-electron chi connectivity index (χ3n) is 7.58. The summed E-state index contributed by atoms with van der Waals surface area (Å²) in [5.74, 6) is 1.34. The highest BCUT2D eigenvalue weighted by Gasteiger charge is 2.23. The molecule has 11 nitrogen and oxygen atoms in total. The Hall–Kier alpha value is -4.22. The maximum Gasteiger partial charge on any atom is 0.251 e. The van der Waals surface area contributed by atoms with Crippen LogP contribution in [0.3, 0.4) is 0 Å². The maximum atomic E-state index is 12.9. The van der Waals surface area contributed by atoms with Gasteiger partial charge in [-0.25, -0.2) is 9.97 Å². The first-order valence-corrected chi connectivity index (χ1v) is 14.2. The molecule has 1 saturated heterocycles. The number of aliphatic hydroxyl groups excluding tert-OH is 1. The van der Waals surface area contributed by atoms with Crippen LogP contribution in [0.4, 0.5) is 5.69 Å². The second-order valence-corrected chi connectivity index (χ2v) is 10.2. The SMILES string of the molecule is CCc1cnccc1CNC(=O)c1cccc(NCc2nnc(-c3ccncn3)n2CCCN2CCC[C@H]2CO)c1. The van der Waals surface area contributed by atoms with Gasteiger partial charge in [-0.05, 0) is 73.7 Å². The van der Waals surface area contributed by atoms with E-state index in [2.05, 4.69) is 52.2 Å². The van der Waals surface area contributed by atoms with Gasteiger partial charge in [0.2, 0.25) is 0 Å². The summed E-state index contributed by atoms with van der Waals surface area (Å²) in [7, 11) is 0. The molecule has 5 rings (SSSR count). The van der Waals surface area contributed by atoms with Gasteiger partial charge in [-0.15, -0.1) is 10.2 Å². The number of carbonyl (C=O) groups excluding carboxylic acids is 1. The summed E-state index contributed by atoms with van der Waals surface area (Å²) in [5.41, 5.74) is 4.31. The molecule has 1 aromatic carbocycles. The Morgan fingerprint density at radius 1 is 1.07 bits per heavy atom. The van der Waals surface area contributed by atoms with E-state index in [1.807, 2.05) is 42.6 Å². The fourth-order valence-corrected chi connectivity index (χ4v) is 5.32. The second kappa shape index (κ2) is 13.9. The third-order valence-corrected chi connectivity index (χ3v) is 7.58. The number of nitrogens with zero attached hydrogens (tertiary/aromatic N) is 7. The zero-order chi connectivity index (χ0) is 28.4. The largest absolute Gasteiger partial charge is 0.395 e. The van der Waals surface area contributed by atoms with E-state index in [0.29, 0.717) is 30.2 Å². The number of hydrogen-bond donors (Lipinski definition) is 3. The number of aliphatic hydroxyl groups is 1. The number of aromatic nitrogens is 6. The topological polar surface area (TPSA) is 134 Å². The zero-order valence-corrected chi connectivity index (χ0v) is 23.4. The van der Waals surface area contributed by atoms with Crippen molar-refractivity contribution >= 4 is 11.6 Å². The molecule has 1 aliphatic heterocycles. The van der Waals surface area contributed by atoms with Gasteiger partial charge < -0.3 is 20.3 Å². The normalized spacial score (nSPS) is 15.2. The van der Waals surface area contributed by atoms with Crippen molar-refractivity contribution in [2.24, 2.45) is 0 Å². The summed E-state index contributed by atoms with van der Waals surface area (Å²) in [4.78, 5) is 27.9. The summed E-state index contributed by atoms with van der Waals surface area (Å²) in [6.45, 7) is 5.80. The zero-order valence-electron chi connectivity index (χ0n) is 23.4. The van der Waals surface area contributed by atoms with E-state index in [-0.39, 0.29) is 18.6 Å². The highest BCUT2D eigenvalue weighted by molar-refractivity contribution is 5.95. The first-order valence-electron chi connectivity index (χ1n) is 14.2. The lowest BCUT2D eigenvalue weighted by atomic mass is 10.1. The number of carbonyl (C=O) groups is 1. The van der Waals surface area contributed by atoms with E-state index >= 15 is 0 Å². The molecule has 0 saturated carbocycles. The first-order chi connectivity index (χ1) is 20.2. The monoisotopic (exact) mass is 555 g/mol.